The highest BCUT2D eigenvalue weighted by atomic mass is 35.5. The highest BCUT2D eigenvalue weighted by Gasteiger charge is 2.18. The first-order valence-electron chi connectivity index (χ1n) is 9.10. The van der Waals surface area contributed by atoms with Crippen molar-refractivity contribution in [3.8, 4) is 5.69 Å². The number of benzene rings is 2. The Morgan fingerprint density at radius 3 is 2.65 bits per heavy atom. The van der Waals surface area contributed by atoms with E-state index in [2.05, 4.69) is 15.5 Å². The van der Waals surface area contributed by atoms with Crippen LogP contribution in [0.15, 0.2) is 65.1 Å². The van der Waals surface area contributed by atoms with Crippen molar-refractivity contribution in [2.45, 2.75) is 17.5 Å². The van der Waals surface area contributed by atoms with Gasteiger partial charge < -0.3 is 5.32 Å². The van der Waals surface area contributed by atoms with Gasteiger partial charge in [0, 0.05) is 10.8 Å². The van der Waals surface area contributed by atoms with Crippen molar-refractivity contribution in [3.63, 3.8) is 0 Å². The second-order valence-electron chi connectivity index (χ2n) is 6.41. The van der Waals surface area contributed by atoms with Crippen LogP contribution >= 0.6 is 46.3 Å². The van der Waals surface area contributed by atoms with Gasteiger partial charge in [0.25, 0.3) is 5.91 Å². The lowest BCUT2D eigenvalue weighted by Gasteiger charge is -2.12. The van der Waals surface area contributed by atoms with E-state index in [1.807, 2.05) is 11.4 Å². The summed E-state index contributed by atoms with van der Waals surface area (Å²) in [6.45, 7) is 0.166. The molecule has 0 aliphatic rings. The minimum atomic E-state index is -0.284. The zero-order chi connectivity index (χ0) is 21.8. The van der Waals surface area contributed by atoms with Gasteiger partial charge in [-0.05, 0) is 47.3 Å². The lowest BCUT2D eigenvalue weighted by atomic mass is 10.2. The molecule has 0 unspecified atom stereocenters. The molecule has 0 aliphatic carbocycles. The molecule has 4 aromatic rings. The van der Waals surface area contributed by atoms with Crippen molar-refractivity contribution in [1.82, 2.24) is 20.1 Å². The summed E-state index contributed by atoms with van der Waals surface area (Å²) < 4.78 is 15.0. The van der Waals surface area contributed by atoms with Crippen LogP contribution in [0.4, 0.5) is 4.39 Å². The molecule has 0 atom stereocenters. The van der Waals surface area contributed by atoms with E-state index in [9.17, 15) is 9.18 Å². The fraction of sp³-hybridized carbons (Fsp3) is 0.0952. The summed E-state index contributed by atoms with van der Waals surface area (Å²) in [5, 5.41) is 14.8. The molecule has 0 fully saturated rings. The van der Waals surface area contributed by atoms with Gasteiger partial charge >= 0.3 is 0 Å². The molecule has 0 aliphatic heterocycles. The number of thiophene rings is 1. The molecule has 158 valence electrons. The highest BCUT2D eigenvalue weighted by molar-refractivity contribution is 7.98. The van der Waals surface area contributed by atoms with Crippen LogP contribution in [0.3, 0.4) is 0 Å². The Kier molecular flexibility index (Phi) is 6.92. The van der Waals surface area contributed by atoms with Crippen LogP contribution in [0.2, 0.25) is 10.0 Å². The van der Waals surface area contributed by atoms with E-state index in [1.54, 1.807) is 41.0 Å². The molecule has 10 heteroatoms. The molecule has 4 rings (SSSR count). The molecule has 1 N–H and O–H groups in total. The minimum absolute atomic E-state index is 0.166. The Labute approximate surface area is 196 Å². The molecule has 2 aromatic carbocycles. The minimum Gasteiger partial charge on any atom is -0.344 e. The lowest BCUT2D eigenvalue weighted by molar-refractivity contribution is 0.0953. The number of carbonyl (C=O) groups is 1. The maximum absolute atomic E-state index is 13.2. The first-order chi connectivity index (χ1) is 15.0. The lowest BCUT2D eigenvalue weighted by Crippen LogP contribution is -2.24. The van der Waals surface area contributed by atoms with Gasteiger partial charge in [0.2, 0.25) is 0 Å². The van der Waals surface area contributed by atoms with E-state index in [1.165, 1.54) is 35.2 Å². The summed E-state index contributed by atoms with van der Waals surface area (Å²) in [5.74, 6) is 0.613. The van der Waals surface area contributed by atoms with Gasteiger partial charge in [-0.15, -0.1) is 21.5 Å². The van der Waals surface area contributed by atoms with Gasteiger partial charge in [-0.25, -0.2) is 4.39 Å². The van der Waals surface area contributed by atoms with Crippen LogP contribution < -0.4 is 5.32 Å². The number of carbonyl (C=O) groups excluding carboxylic acids is 1. The van der Waals surface area contributed by atoms with E-state index >= 15 is 0 Å². The Hall–Kier alpha value is -2.39. The summed E-state index contributed by atoms with van der Waals surface area (Å²) in [6, 6.07) is 15.0. The first-order valence-corrected chi connectivity index (χ1v) is 11.7. The SMILES string of the molecule is O=C(NCc1nnc(SCc2ccc(F)cc2)n1-c1ccc(Cl)cc1Cl)c1cccs1. The number of rotatable bonds is 7. The second kappa shape index (κ2) is 9.82. The number of nitrogens with one attached hydrogen (secondary N) is 1. The van der Waals surface area contributed by atoms with Crippen molar-refractivity contribution < 1.29 is 9.18 Å². The largest absolute Gasteiger partial charge is 0.344 e. The van der Waals surface area contributed by atoms with Gasteiger partial charge in [0.05, 0.1) is 22.1 Å². The quantitative estimate of drug-likeness (QED) is 0.321. The van der Waals surface area contributed by atoms with Crippen LogP contribution in [0.1, 0.15) is 21.1 Å². The Morgan fingerprint density at radius 1 is 1.13 bits per heavy atom. The number of thioether (sulfide) groups is 1. The Bertz CT molecular complexity index is 1200. The Morgan fingerprint density at radius 2 is 1.94 bits per heavy atom. The van der Waals surface area contributed by atoms with E-state index < -0.39 is 0 Å². The van der Waals surface area contributed by atoms with E-state index in [-0.39, 0.29) is 18.3 Å². The van der Waals surface area contributed by atoms with E-state index in [4.69, 9.17) is 23.2 Å². The Balaban J connectivity index is 1.61. The highest BCUT2D eigenvalue weighted by Crippen LogP contribution is 2.30. The van der Waals surface area contributed by atoms with Crippen LogP contribution in [-0.2, 0) is 12.3 Å². The maximum atomic E-state index is 13.2. The zero-order valence-corrected chi connectivity index (χ0v) is 19.0. The normalized spacial score (nSPS) is 10.9. The van der Waals surface area contributed by atoms with Gasteiger partial charge in [-0.1, -0.05) is 53.2 Å². The molecule has 2 heterocycles. The summed E-state index contributed by atoms with van der Waals surface area (Å²) >= 11 is 15.3. The molecule has 0 spiro atoms. The predicted octanol–water partition coefficient (Wildman–Crippen LogP) is 6.00. The number of nitrogens with zero attached hydrogens (tertiary/aromatic N) is 3. The number of hydrogen-bond donors (Lipinski definition) is 1. The molecular formula is C21H15Cl2FN4OS2. The molecule has 0 saturated heterocycles. The average molecular weight is 493 g/mol. The molecule has 1 amide bonds. The van der Waals surface area contributed by atoms with Crippen molar-refractivity contribution >= 4 is 52.2 Å². The molecule has 31 heavy (non-hydrogen) atoms. The average Bonchev–Trinajstić information content (AvgIpc) is 3.42. The third-order valence-electron chi connectivity index (χ3n) is 4.28. The number of aromatic nitrogens is 3. The van der Waals surface area contributed by atoms with Gasteiger partial charge in [-0.2, -0.15) is 0 Å². The second-order valence-corrected chi connectivity index (χ2v) is 9.14. The standard InChI is InChI=1S/C21H15Cl2FN4OS2/c22-14-5-8-17(16(23)10-14)28-19(11-25-20(29)18-2-1-9-30-18)26-27-21(28)31-12-13-3-6-15(24)7-4-13/h1-10H,11-12H2,(H,25,29). The van der Waals surface area contributed by atoms with Crippen LogP contribution in [0.5, 0.6) is 0 Å². The number of halogens is 3. The van der Waals surface area contributed by atoms with Crippen LogP contribution in [0.25, 0.3) is 5.69 Å². The maximum Gasteiger partial charge on any atom is 0.261 e. The molecule has 5 nitrogen and oxygen atoms in total. The third kappa shape index (κ3) is 5.27. The first kappa shape index (κ1) is 21.8. The van der Waals surface area contributed by atoms with Crippen LogP contribution in [0, 0.1) is 5.82 Å². The van der Waals surface area contributed by atoms with Crippen molar-refractivity contribution in [1.29, 1.82) is 0 Å². The smallest absolute Gasteiger partial charge is 0.261 e. The molecule has 2 aromatic heterocycles. The molecular weight excluding hydrogens is 478 g/mol. The fourth-order valence-corrected chi connectivity index (χ4v) is 4.85. The molecule has 0 bridgehead atoms. The summed E-state index contributed by atoms with van der Waals surface area (Å²) in [5.41, 5.74) is 1.59. The third-order valence-corrected chi connectivity index (χ3v) is 6.69. The summed E-state index contributed by atoms with van der Waals surface area (Å²) in [4.78, 5) is 13.0. The fourth-order valence-electron chi connectivity index (χ4n) is 2.80. The predicted molar refractivity (Wildman–Crippen MR) is 123 cm³/mol. The number of amides is 1. The topological polar surface area (TPSA) is 59.8 Å². The molecule has 0 saturated carbocycles. The van der Waals surface area contributed by atoms with Gasteiger partial charge in [-0.3, -0.25) is 9.36 Å². The van der Waals surface area contributed by atoms with Gasteiger partial charge in [0.15, 0.2) is 11.0 Å². The van der Waals surface area contributed by atoms with E-state index in [0.717, 1.165) is 5.56 Å². The number of hydrogen-bond acceptors (Lipinski definition) is 5. The van der Waals surface area contributed by atoms with Crippen molar-refractivity contribution in [2.24, 2.45) is 0 Å². The van der Waals surface area contributed by atoms with Gasteiger partial charge in [0.1, 0.15) is 5.82 Å². The van der Waals surface area contributed by atoms with E-state index in [0.29, 0.717) is 37.3 Å². The molecule has 0 radical (unpaired) electrons. The van der Waals surface area contributed by atoms with Crippen LogP contribution in [-0.4, -0.2) is 20.7 Å². The van der Waals surface area contributed by atoms with Crippen molar-refractivity contribution in [2.75, 3.05) is 0 Å². The monoisotopic (exact) mass is 492 g/mol. The summed E-state index contributed by atoms with van der Waals surface area (Å²) in [7, 11) is 0. The summed E-state index contributed by atoms with van der Waals surface area (Å²) in [6.07, 6.45) is 0. The zero-order valence-electron chi connectivity index (χ0n) is 15.9. The van der Waals surface area contributed by atoms with Crippen molar-refractivity contribution in [3.05, 3.63) is 92.1 Å².